The smallest absolute Gasteiger partial charge is 0.142 e. The van der Waals surface area contributed by atoms with E-state index in [-0.39, 0.29) is 0 Å². The van der Waals surface area contributed by atoms with Crippen LogP contribution >= 0.6 is 0 Å². The average molecular weight is 280 g/mol. The zero-order chi connectivity index (χ0) is 14.7. The molecule has 1 heterocycles. The second-order valence-corrected chi connectivity index (χ2v) is 4.69. The number of nitrogen functional groups attached to an aromatic ring is 1. The highest BCUT2D eigenvalue weighted by molar-refractivity contribution is 5.78. The van der Waals surface area contributed by atoms with Crippen LogP contribution in [0.3, 0.4) is 0 Å². The Balaban J connectivity index is 1.75. The van der Waals surface area contributed by atoms with Gasteiger partial charge in [0.15, 0.2) is 0 Å². The summed E-state index contributed by atoms with van der Waals surface area (Å²) in [6, 6.07) is 17.4. The summed E-state index contributed by atoms with van der Waals surface area (Å²) in [5.74, 6) is 1.34. The van der Waals surface area contributed by atoms with Crippen LogP contribution in [0.4, 0.5) is 5.69 Å². The summed E-state index contributed by atoms with van der Waals surface area (Å²) in [6.45, 7) is 0.399. The fourth-order valence-corrected chi connectivity index (χ4v) is 2.15. The number of aromatic nitrogens is 1. The first kappa shape index (κ1) is 13.2. The van der Waals surface area contributed by atoms with Gasteiger partial charge < -0.3 is 15.2 Å². The second kappa shape index (κ2) is 5.71. The monoisotopic (exact) mass is 280 g/mol. The molecule has 0 saturated heterocycles. The highest BCUT2D eigenvalue weighted by Crippen LogP contribution is 2.26. The molecule has 3 rings (SSSR count). The van der Waals surface area contributed by atoms with Gasteiger partial charge in [-0.1, -0.05) is 24.3 Å². The highest BCUT2D eigenvalue weighted by atomic mass is 16.5. The van der Waals surface area contributed by atoms with Crippen LogP contribution in [0.25, 0.3) is 10.9 Å². The molecule has 2 aromatic carbocycles. The van der Waals surface area contributed by atoms with Crippen molar-refractivity contribution in [2.24, 2.45) is 0 Å². The zero-order valence-electron chi connectivity index (χ0n) is 11.7. The maximum absolute atomic E-state index is 5.85. The van der Waals surface area contributed by atoms with Gasteiger partial charge in [0.2, 0.25) is 0 Å². The number of fused-ring (bicyclic) bond motifs is 1. The molecule has 0 saturated carbocycles. The third-order valence-electron chi connectivity index (χ3n) is 3.24. The Hall–Kier alpha value is -2.75. The SMILES string of the molecule is COc1ccc(OCc2ccc3ccccc3n2)cc1N. The summed E-state index contributed by atoms with van der Waals surface area (Å²) < 4.78 is 10.8. The minimum absolute atomic E-state index is 0.399. The number of nitrogens with zero attached hydrogens (tertiary/aromatic N) is 1. The molecule has 1 aromatic heterocycles. The zero-order valence-corrected chi connectivity index (χ0v) is 11.7. The number of benzene rings is 2. The van der Waals surface area contributed by atoms with Gasteiger partial charge in [-0.3, -0.25) is 0 Å². The Morgan fingerprint density at radius 3 is 2.71 bits per heavy atom. The van der Waals surface area contributed by atoms with Crippen molar-refractivity contribution < 1.29 is 9.47 Å². The van der Waals surface area contributed by atoms with Crippen molar-refractivity contribution in [1.82, 2.24) is 4.98 Å². The number of nitrogens with two attached hydrogens (primary N) is 1. The van der Waals surface area contributed by atoms with Crippen molar-refractivity contribution in [1.29, 1.82) is 0 Å². The predicted octanol–water partition coefficient (Wildman–Crippen LogP) is 3.40. The third kappa shape index (κ3) is 2.89. The summed E-state index contributed by atoms with van der Waals surface area (Å²) in [5.41, 5.74) is 8.25. The number of hydrogen-bond acceptors (Lipinski definition) is 4. The Kier molecular flexibility index (Phi) is 3.60. The van der Waals surface area contributed by atoms with E-state index in [0.717, 1.165) is 16.6 Å². The molecule has 0 amide bonds. The van der Waals surface area contributed by atoms with E-state index in [9.17, 15) is 0 Å². The largest absolute Gasteiger partial charge is 0.495 e. The molecule has 0 unspecified atom stereocenters. The van der Waals surface area contributed by atoms with Crippen molar-refractivity contribution in [3.8, 4) is 11.5 Å². The van der Waals surface area contributed by atoms with Gasteiger partial charge in [-0.05, 0) is 24.3 Å². The lowest BCUT2D eigenvalue weighted by atomic mass is 10.2. The fourth-order valence-electron chi connectivity index (χ4n) is 2.15. The Labute approximate surface area is 123 Å². The maximum atomic E-state index is 5.85. The van der Waals surface area contributed by atoms with Crippen LogP contribution in [0.2, 0.25) is 0 Å². The molecule has 0 fully saturated rings. The third-order valence-corrected chi connectivity index (χ3v) is 3.24. The first-order valence-electron chi connectivity index (χ1n) is 6.67. The lowest BCUT2D eigenvalue weighted by Crippen LogP contribution is -1.99. The molecule has 0 spiro atoms. The molecule has 4 nitrogen and oxygen atoms in total. The minimum atomic E-state index is 0.399. The number of ether oxygens (including phenoxy) is 2. The van der Waals surface area contributed by atoms with E-state index in [1.807, 2.05) is 42.5 Å². The Morgan fingerprint density at radius 1 is 1.05 bits per heavy atom. The van der Waals surface area contributed by atoms with E-state index in [2.05, 4.69) is 4.98 Å². The van der Waals surface area contributed by atoms with E-state index < -0.39 is 0 Å². The van der Waals surface area contributed by atoms with Crippen molar-refractivity contribution in [2.45, 2.75) is 6.61 Å². The van der Waals surface area contributed by atoms with Crippen molar-refractivity contribution >= 4 is 16.6 Å². The maximum Gasteiger partial charge on any atom is 0.142 e. The molecule has 3 aromatic rings. The standard InChI is InChI=1S/C17H16N2O2/c1-20-17-9-8-14(10-15(17)18)21-11-13-7-6-12-4-2-3-5-16(12)19-13/h2-10H,11,18H2,1H3. The Bertz CT molecular complexity index is 772. The lowest BCUT2D eigenvalue weighted by Gasteiger charge is -2.09. The van der Waals surface area contributed by atoms with E-state index in [1.165, 1.54) is 0 Å². The van der Waals surface area contributed by atoms with Crippen LogP contribution in [-0.2, 0) is 6.61 Å². The molecule has 0 aliphatic carbocycles. The number of para-hydroxylation sites is 1. The van der Waals surface area contributed by atoms with Crippen LogP contribution in [0.15, 0.2) is 54.6 Å². The summed E-state index contributed by atoms with van der Waals surface area (Å²) in [7, 11) is 1.59. The van der Waals surface area contributed by atoms with Gasteiger partial charge in [-0.25, -0.2) is 4.98 Å². The number of anilines is 1. The van der Waals surface area contributed by atoms with E-state index >= 15 is 0 Å². The summed E-state index contributed by atoms with van der Waals surface area (Å²) in [4.78, 5) is 4.57. The number of methoxy groups -OCH3 is 1. The van der Waals surface area contributed by atoms with E-state index in [4.69, 9.17) is 15.2 Å². The van der Waals surface area contributed by atoms with Crippen LogP contribution in [-0.4, -0.2) is 12.1 Å². The summed E-state index contributed by atoms with van der Waals surface area (Å²) in [5, 5.41) is 1.12. The Morgan fingerprint density at radius 2 is 1.90 bits per heavy atom. The molecule has 0 bridgehead atoms. The van der Waals surface area contributed by atoms with Gasteiger partial charge in [0, 0.05) is 11.5 Å². The second-order valence-electron chi connectivity index (χ2n) is 4.69. The number of hydrogen-bond donors (Lipinski definition) is 1. The molecule has 106 valence electrons. The minimum Gasteiger partial charge on any atom is -0.495 e. The summed E-state index contributed by atoms with van der Waals surface area (Å²) in [6.07, 6.45) is 0. The highest BCUT2D eigenvalue weighted by Gasteiger charge is 2.03. The number of pyridine rings is 1. The predicted molar refractivity (Wildman–Crippen MR) is 83.5 cm³/mol. The molecule has 0 radical (unpaired) electrons. The van der Waals surface area contributed by atoms with Gasteiger partial charge in [0.25, 0.3) is 0 Å². The quantitative estimate of drug-likeness (QED) is 0.744. The van der Waals surface area contributed by atoms with Gasteiger partial charge in [0.1, 0.15) is 18.1 Å². The molecule has 0 aliphatic rings. The lowest BCUT2D eigenvalue weighted by molar-refractivity contribution is 0.301. The van der Waals surface area contributed by atoms with E-state index in [1.54, 1.807) is 19.2 Å². The first-order chi connectivity index (χ1) is 10.3. The molecule has 4 heteroatoms. The van der Waals surface area contributed by atoms with Crippen molar-refractivity contribution in [3.05, 3.63) is 60.3 Å². The van der Waals surface area contributed by atoms with Gasteiger partial charge in [0.05, 0.1) is 24.0 Å². The number of rotatable bonds is 4. The molecule has 0 aliphatic heterocycles. The van der Waals surface area contributed by atoms with Crippen molar-refractivity contribution in [3.63, 3.8) is 0 Å². The summed E-state index contributed by atoms with van der Waals surface area (Å²) >= 11 is 0. The van der Waals surface area contributed by atoms with E-state index in [0.29, 0.717) is 23.8 Å². The fraction of sp³-hybridized carbons (Fsp3) is 0.118. The average Bonchev–Trinajstić information content (AvgIpc) is 2.53. The molecule has 21 heavy (non-hydrogen) atoms. The molecule has 0 atom stereocenters. The first-order valence-corrected chi connectivity index (χ1v) is 6.67. The molecular formula is C17H16N2O2. The van der Waals surface area contributed by atoms with Gasteiger partial charge in [-0.2, -0.15) is 0 Å². The van der Waals surface area contributed by atoms with Gasteiger partial charge in [-0.15, -0.1) is 0 Å². The van der Waals surface area contributed by atoms with Crippen LogP contribution in [0, 0.1) is 0 Å². The molecular weight excluding hydrogens is 264 g/mol. The topological polar surface area (TPSA) is 57.4 Å². The van der Waals surface area contributed by atoms with Crippen LogP contribution in [0.5, 0.6) is 11.5 Å². The van der Waals surface area contributed by atoms with Crippen molar-refractivity contribution in [2.75, 3.05) is 12.8 Å². The van der Waals surface area contributed by atoms with Crippen LogP contribution in [0.1, 0.15) is 5.69 Å². The van der Waals surface area contributed by atoms with Gasteiger partial charge >= 0.3 is 0 Å². The van der Waals surface area contributed by atoms with Crippen LogP contribution < -0.4 is 15.2 Å². The molecule has 2 N–H and O–H groups in total. The normalized spacial score (nSPS) is 10.5.